The summed E-state index contributed by atoms with van der Waals surface area (Å²) in [4.78, 5) is 25.9. The SMILES string of the molecule is Cc1ccc(-n2c(=O)[nH]c3ccc(C(=O)O)cc32)cc1Cl. The van der Waals surface area contributed by atoms with Gasteiger partial charge >= 0.3 is 11.7 Å². The second kappa shape index (κ2) is 4.79. The van der Waals surface area contributed by atoms with Crippen LogP contribution in [-0.4, -0.2) is 20.6 Å². The van der Waals surface area contributed by atoms with Crippen molar-refractivity contribution in [3.05, 3.63) is 63.0 Å². The van der Waals surface area contributed by atoms with Crippen molar-refractivity contribution in [3.63, 3.8) is 0 Å². The van der Waals surface area contributed by atoms with E-state index in [2.05, 4.69) is 4.98 Å². The van der Waals surface area contributed by atoms with Crippen molar-refractivity contribution in [1.82, 2.24) is 9.55 Å². The van der Waals surface area contributed by atoms with E-state index in [1.165, 1.54) is 16.7 Å². The number of nitrogens with one attached hydrogen (secondary N) is 1. The zero-order valence-electron chi connectivity index (χ0n) is 11.1. The third kappa shape index (κ3) is 2.21. The third-order valence-electron chi connectivity index (χ3n) is 3.34. The Bertz CT molecular complexity index is 924. The van der Waals surface area contributed by atoms with Crippen LogP contribution in [-0.2, 0) is 0 Å². The standard InChI is InChI=1S/C15H11ClN2O3/c1-8-2-4-10(7-11(8)16)18-13-6-9(14(19)20)3-5-12(13)17-15(18)21/h2-7H,1H3,(H,17,21)(H,19,20). The van der Waals surface area contributed by atoms with Crippen LogP contribution in [0.4, 0.5) is 0 Å². The van der Waals surface area contributed by atoms with Gasteiger partial charge in [-0.25, -0.2) is 9.59 Å². The van der Waals surface area contributed by atoms with Gasteiger partial charge < -0.3 is 10.1 Å². The van der Waals surface area contributed by atoms with Gasteiger partial charge in [-0.05, 0) is 42.8 Å². The van der Waals surface area contributed by atoms with Crippen molar-refractivity contribution in [2.45, 2.75) is 6.92 Å². The van der Waals surface area contributed by atoms with E-state index in [4.69, 9.17) is 16.7 Å². The number of aromatic amines is 1. The van der Waals surface area contributed by atoms with Gasteiger partial charge in [0.15, 0.2) is 0 Å². The molecule has 0 radical (unpaired) electrons. The number of rotatable bonds is 2. The van der Waals surface area contributed by atoms with Crippen LogP contribution in [0, 0.1) is 6.92 Å². The molecule has 0 aliphatic rings. The van der Waals surface area contributed by atoms with Gasteiger partial charge in [0.1, 0.15) is 0 Å². The quantitative estimate of drug-likeness (QED) is 0.764. The minimum atomic E-state index is -1.04. The first kappa shape index (κ1) is 13.5. The smallest absolute Gasteiger partial charge is 0.335 e. The molecule has 1 heterocycles. The van der Waals surface area contributed by atoms with E-state index in [1.54, 1.807) is 18.2 Å². The van der Waals surface area contributed by atoms with Gasteiger partial charge in [-0.3, -0.25) is 4.57 Å². The van der Waals surface area contributed by atoms with Crippen LogP contribution in [0.2, 0.25) is 5.02 Å². The van der Waals surface area contributed by atoms with E-state index in [1.807, 2.05) is 13.0 Å². The van der Waals surface area contributed by atoms with Gasteiger partial charge in [-0.15, -0.1) is 0 Å². The van der Waals surface area contributed by atoms with E-state index in [-0.39, 0.29) is 11.3 Å². The minimum absolute atomic E-state index is 0.119. The fourth-order valence-electron chi connectivity index (χ4n) is 2.21. The Labute approximate surface area is 124 Å². The van der Waals surface area contributed by atoms with Crippen LogP contribution < -0.4 is 5.69 Å². The van der Waals surface area contributed by atoms with Crippen molar-refractivity contribution in [2.24, 2.45) is 0 Å². The van der Waals surface area contributed by atoms with Crippen molar-refractivity contribution in [3.8, 4) is 5.69 Å². The molecule has 0 bridgehead atoms. The summed E-state index contributed by atoms with van der Waals surface area (Å²) in [5.41, 5.74) is 2.34. The number of carboxylic acids is 1. The van der Waals surface area contributed by atoms with Gasteiger partial charge in [0.2, 0.25) is 0 Å². The molecule has 0 amide bonds. The van der Waals surface area contributed by atoms with Gasteiger partial charge in [0, 0.05) is 5.02 Å². The highest BCUT2D eigenvalue weighted by Gasteiger charge is 2.12. The van der Waals surface area contributed by atoms with Gasteiger partial charge in [0.05, 0.1) is 22.3 Å². The Morgan fingerprint density at radius 3 is 2.67 bits per heavy atom. The topological polar surface area (TPSA) is 75.1 Å². The van der Waals surface area contributed by atoms with E-state index >= 15 is 0 Å². The summed E-state index contributed by atoms with van der Waals surface area (Å²) in [7, 11) is 0. The molecular formula is C15H11ClN2O3. The Morgan fingerprint density at radius 2 is 2.00 bits per heavy atom. The molecule has 3 rings (SSSR count). The molecule has 6 heteroatoms. The van der Waals surface area contributed by atoms with Gasteiger partial charge in [-0.1, -0.05) is 17.7 Å². The number of carbonyl (C=O) groups is 1. The summed E-state index contributed by atoms with van der Waals surface area (Å²) in [6, 6.07) is 9.75. The number of carboxylic acid groups (broad SMARTS) is 1. The number of imidazole rings is 1. The molecule has 0 atom stereocenters. The summed E-state index contributed by atoms with van der Waals surface area (Å²) in [6.07, 6.45) is 0. The molecule has 0 aliphatic heterocycles. The number of nitrogens with zero attached hydrogens (tertiary/aromatic N) is 1. The fraction of sp³-hybridized carbons (Fsp3) is 0.0667. The molecule has 0 fully saturated rings. The molecule has 0 saturated carbocycles. The lowest BCUT2D eigenvalue weighted by atomic mass is 10.2. The summed E-state index contributed by atoms with van der Waals surface area (Å²) < 4.78 is 1.41. The van der Waals surface area contributed by atoms with Crippen LogP contribution in [0.3, 0.4) is 0 Å². The largest absolute Gasteiger partial charge is 0.478 e. The average molecular weight is 303 g/mol. The third-order valence-corrected chi connectivity index (χ3v) is 3.75. The number of benzene rings is 2. The monoisotopic (exact) mass is 302 g/mol. The highest BCUT2D eigenvalue weighted by Crippen LogP contribution is 2.22. The number of hydrogen-bond acceptors (Lipinski definition) is 2. The summed E-state index contributed by atoms with van der Waals surface area (Å²) in [5, 5.41) is 9.62. The first-order valence-electron chi connectivity index (χ1n) is 6.22. The Hall–Kier alpha value is -2.53. The molecule has 5 nitrogen and oxygen atoms in total. The number of hydrogen-bond donors (Lipinski definition) is 2. The summed E-state index contributed by atoms with van der Waals surface area (Å²) in [5.74, 6) is -1.04. The molecule has 0 saturated heterocycles. The molecule has 0 spiro atoms. The Kier molecular flexibility index (Phi) is 3.07. The maximum Gasteiger partial charge on any atom is 0.335 e. The van der Waals surface area contributed by atoms with Crippen LogP contribution >= 0.6 is 11.6 Å². The van der Waals surface area contributed by atoms with Gasteiger partial charge in [-0.2, -0.15) is 0 Å². The Morgan fingerprint density at radius 1 is 1.24 bits per heavy atom. The lowest BCUT2D eigenvalue weighted by molar-refractivity contribution is 0.0697. The number of fused-ring (bicyclic) bond motifs is 1. The number of halogens is 1. The molecule has 0 unspecified atom stereocenters. The average Bonchev–Trinajstić information content (AvgIpc) is 2.77. The molecule has 3 aromatic rings. The van der Waals surface area contributed by atoms with E-state index < -0.39 is 5.97 Å². The van der Waals surface area contributed by atoms with Crippen molar-refractivity contribution in [2.75, 3.05) is 0 Å². The van der Waals surface area contributed by atoms with Crippen LogP contribution in [0.25, 0.3) is 16.7 Å². The number of aryl methyl sites for hydroxylation is 1. The molecule has 2 aromatic carbocycles. The number of aromatic carboxylic acids is 1. The lowest BCUT2D eigenvalue weighted by Crippen LogP contribution is -2.14. The first-order valence-corrected chi connectivity index (χ1v) is 6.60. The summed E-state index contributed by atoms with van der Waals surface area (Å²) in [6.45, 7) is 1.87. The van der Waals surface area contributed by atoms with Crippen molar-refractivity contribution >= 4 is 28.6 Å². The van der Waals surface area contributed by atoms with Crippen molar-refractivity contribution in [1.29, 1.82) is 0 Å². The number of H-pyrrole nitrogens is 1. The number of aromatic nitrogens is 2. The molecule has 106 valence electrons. The molecule has 2 N–H and O–H groups in total. The molecule has 1 aromatic heterocycles. The molecule has 21 heavy (non-hydrogen) atoms. The summed E-state index contributed by atoms with van der Waals surface area (Å²) >= 11 is 6.10. The molecule has 0 aliphatic carbocycles. The van der Waals surface area contributed by atoms with E-state index in [0.717, 1.165) is 5.56 Å². The van der Waals surface area contributed by atoms with Crippen LogP contribution in [0.1, 0.15) is 15.9 Å². The fourth-order valence-corrected chi connectivity index (χ4v) is 2.39. The van der Waals surface area contributed by atoms with Gasteiger partial charge in [0.25, 0.3) is 0 Å². The van der Waals surface area contributed by atoms with Crippen molar-refractivity contribution < 1.29 is 9.90 Å². The highest BCUT2D eigenvalue weighted by atomic mass is 35.5. The van der Waals surface area contributed by atoms with E-state index in [0.29, 0.717) is 21.7 Å². The predicted molar refractivity (Wildman–Crippen MR) is 80.6 cm³/mol. The first-order chi connectivity index (χ1) is 9.97. The normalized spacial score (nSPS) is 11.0. The Balaban J connectivity index is 2.32. The van der Waals surface area contributed by atoms with Crippen LogP contribution in [0.15, 0.2) is 41.2 Å². The predicted octanol–water partition coefficient (Wildman–Crippen LogP) is 2.98. The highest BCUT2D eigenvalue weighted by molar-refractivity contribution is 6.31. The maximum absolute atomic E-state index is 12.1. The zero-order valence-corrected chi connectivity index (χ0v) is 11.8. The molecular weight excluding hydrogens is 292 g/mol. The van der Waals surface area contributed by atoms with Crippen LogP contribution in [0.5, 0.6) is 0 Å². The zero-order chi connectivity index (χ0) is 15.1. The second-order valence-electron chi connectivity index (χ2n) is 4.74. The lowest BCUT2D eigenvalue weighted by Gasteiger charge is -2.06. The maximum atomic E-state index is 12.1. The van der Waals surface area contributed by atoms with E-state index in [9.17, 15) is 9.59 Å². The second-order valence-corrected chi connectivity index (χ2v) is 5.14. The minimum Gasteiger partial charge on any atom is -0.478 e.